The molecule has 0 rings (SSSR count). The molecule has 3 heteroatoms. The van der Waals surface area contributed by atoms with Gasteiger partial charge in [-0.05, 0) is 20.0 Å². The van der Waals surface area contributed by atoms with Gasteiger partial charge in [0.1, 0.15) is 5.00 Å². The van der Waals surface area contributed by atoms with Crippen LogP contribution in [0.5, 0.6) is 0 Å². The maximum Gasteiger partial charge on any atom is 0.110 e. The summed E-state index contributed by atoms with van der Waals surface area (Å²) in [5.74, 6) is 0. The fourth-order valence-electron chi connectivity index (χ4n) is 1.09. The van der Waals surface area contributed by atoms with Crippen LogP contribution in [0.4, 0.5) is 0 Å². The first-order valence-electron chi connectivity index (χ1n) is 4.06. The van der Waals surface area contributed by atoms with E-state index < -0.39 is 0 Å². The summed E-state index contributed by atoms with van der Waals surface area (Å²) in [5.41, 5.74) is 0. The highest BCUT2D eigenvalue weighted by molar-refractivity contribution is 6.34. The summed E-state index contributed by atoms with van der Waals surface area (Å²) in [4.78, 5) is 1.90. The molecule has 11 heavy (non-hydrogen) atoms. The molecular formula is C8H18ClNSi. The van der Waals surface area contributed by atoms with Crippen molar-refractivity contribution in [1.82, 2.24) is 4.90 Å². The molecule has 0 N–H and O–H groups in total. The van der Waals surface area contributed by atoms with E-state index in [0.717, 1.165) is 28.5 Å². The van der Waals surface area contributed by atoms with E-state index in [0.29, 0.717) is 0 Å². The largest absolute Gasteiger partial charge is 0.283 e. The maximum absolute atomic E-state index is 6.30. The molecule has 1 atom stereocenters. The highest BCUT2D eigenvalue weighted by Gasteiger charge is 2.27. The van der Waals surface area contributed by atoms with E-state index in [1.54, 1.807) is 0 Å². The van der Waals surface area contributed by atoms with E-state index in [1.165, 1.54) is 0 Å². The lowest BCUT2D eigenvalue weighted by Crippen LogP contribution is -2.42. The zero-order chi connectivity index (χ0) is 9.07. The first kappa shape index (κ1) is 11.2. The summed E-state index contributed by atoms with van der Waals surface area (Å²) < 4.78 is 0. The molecule has 0 aliphatic carbocycles. The van der Waals surface area contributed by atoms with Crippen molar-refractivity contribution in [2.24, 2.45) is 0 Å². The Bertz CT molecular complexity index is 141. The monoisotopic (exact) mass is 191 g/mol. The normalized spacial score (nSPS) is 16.8. The number of rotatable bonds is 4. The van der Waals surface area contributed by atoms with E-state index in [2.05, 4.69) is 25.3 Å². The summed E-state index contributed by atoms with van der Waals surface area (Å²) in [6.45, 7) is 12.2. The molecule has 0 aromatic rings. The van der Waals surface area contributed by atoms with Crippen molar-refractivity contribution >= 4 is 21.8 Å². The van der Waals surface area contributed by atoms with Crippen LogP contribution >= 0.6 is 11.6 Å². The zero-order valence-electron chi connectivity index (χ0n) is 7.95. The number of nitrogens with zero attached hydrogens (tertiary/aromatic N) is 1. The molecule has 1 unspecified atom stereocenters. The smallest absolute Gasteiger partial charge is 0.110 e. The van der Waals surface area contributed by atoms with Gasteiger partial charge in [0.2, 0.25) is 0 Å². The van der Waals surface area contributed by atoms with Gasteiger partial charge in [0.25, 0.3) is 0 Å². The van der Waals surface area contributed by atoms with Crippen LogP contribution in [0.2, 0.25) is 0 Å². The molecule has 66 valence electrons. The quantitative estimate of drug-likeness (QED) is 0.366. The fraction of sp³-hybridized carbons (Fsp3) is 0.750. The second kappa shape index (κ2) is 4.29. The van der Waals surface area contributed by atoms with Crippen molar-refractivity contribution in [2.45, 2.75) is 25.8 Å². The van der Waals surface area contributed by atoms with E-state index in [9.17, 15) is 0 Å². The van der Waals surface area contributed by atoms with Gasteiger partial charge in [0.15, 0.2) is 0 Å². The minimum absolute atomic E-state index is 0.310. The van der Waals surface area contributed by atoms with Gasteiger partial charge in [-0.1, -0.05) is 30.6 Å². The number of alkyl halides is 1. The first-order chi connectivity index (χ1) is 4.96. The molecule has 0 heterocycles. The number of halogens is 1. The Balaban J connectivity index is 4.36. The van der Waals surface area contributed by atoms with Gasteiger partial charge in [-0.2, -0.15) is 0 Å². The van der Waals surface area contributed by atoms with Gasteiger partial charge in [-0.3, -0.25) is 4.90 Å². The Morgan fingerprint density at radius 2 is 1.91 bits per heavy atom. The Morgan fingerprint density at radius 1 is 1.55 bits per heavy atom. The number of hydrogen-bond acceptors (Lipinski definition) is 1. The minimum atomic E-state index is -0.310. The predicted molar refractivity (Wildman–Crippen MR) is 56.3 cm³/mol. The molecule has 0 fully saturated rings. The molecule has 1 nitrogen and oxygen atoms in total. The summed E-state index contributed by atoms with van der Waals surface area (Å²) in [7, 11) is 0.966. The van der Waals surface area contributed by atoms with Crippen molar-refractivity contribution in [3.05, 3.63) is 11.8 Å². The van der Waals surface area contributed by atoms with Gasteiger partial charge in [0.05, 0.1) is 0 Å². The number of likely N-dealkylation sites (N-methyl/N-ethyl adjacent to an activating group) is 1. The van der Waals surface area contributed by atoms with Crippen LogP contribution in [0, 0.1) is 0 Å². The highest BCUT2D eigenvalue weighted by atomic mass is 35.5. The van der Waals surface area contributed by atoms with Crippen molar-refractivity contribution in [1.29, 1.82) is 0 Å². The van der Waals surface area contributed by atoms with Gasteiger partial charge >= 0.3 is 0 Å². The van der Waals surface area contributed by atoms with Crippen LogP contribution < -0.4 is 0 Å². The van der Waals surface area contributed by atoms with E-state index in [-0.39, 0.29) is 5.00 Å². The number of hydrogen-bond donors (Lipinski definition) is 0. The molecule has 0 aliphatic heterocycles. The third-order valence-electron chi connectivity index (χ3n) is 2.14. The molecule has 0 aliphatic rings. The second-order valence-electron chi connectivity index (χ2n) is 2.91. The molecule has 0 aromatic heterocycles. The van der Waals surface area contributed by atoms with E-state index >= 15 is 0 Å². The average Bonchev–Trinajstić information content (AvgIpc) is 1.89. The Kier molecular flexibility index (Phi) is 4.37. The molecule has 0 saturated carbocycles. The van der Waals surface area contributed by atoms with Crippen LogP contribution in [0.25, 0.3) is 0 Å². The van der Waals surface area contributed by atoms with Crippen LogP contribution in [-0.4, -0.2) is 33.2 Å². The summed E-state index contributed by atoms with van der Waals surface area (Å²) >= 11 is 6.30. The Hall–Kier alpha value is 0.207. The third-order valence-corrected chi connectivity index (χ3v) is 3.99. The van der Waals surface area contributed by atoms with E-state index in [4.69, 9.17) is 11.6 Å². The molecule has 0 radical (unpaired) electrons. The Morgan fingerprint density at radius 3 is 2.00 bits per heavy atom. The van der Waals surface area contributed by atoms with Crippen molar-refractivity contribution in [3.8, 4) is 0 Å². The van der Waals surface area contributed by atoms with Crippen LogP contribution in [-0.2, 0) is 0 Å². The summed E-state index contributed by atoms with van der Waals surface area (Å²) in [5, 5.41) is 1.14. The molecular weight excluding hydrogens is 174 g/mol. The minimum Gasteiger partial charge on any atom is -0.283 e. The van der Waals surface area contributed by atoms with Gasteiger partial charge in [0, 0.05) is 10.2 Å². The SMILES string of the molecule is C=C([SiH3])C(C)(Cl)N(CC)CC. The van der Waals surface area contributed by atoms with Gasteiger partial charge in [-0.25, -0.2) is 0 Å². The first-order valence-corrected chi connectivity index (χ1v) is 5.44. The lowest BCUT2D eigenvalue weighted by Gasteiger charge is -2.35. The second-order valence-corrected chi connectivity index (χ2v) is 4.85. The Labute approximate surface area is 77.8 Å². The summed E-state index contributed by atoms with van der Waals surface area (Å²) in [6.07, 6.45) is 0. The van der Waals surface area contributed by atoms with Gasteiger partial charge < -0.3 is 0 Å². The van der Waals surface area contributed by atoms with E-state index in [1.807, 2.05) is 6.92 Å². The van der Waals surface area contributed by atoms with Crippen LogP contribution in [0.15, 0.2) is 11.8 Å². The molecule has 0 spiro atoms. The molecule has 0 aromatic carbocycles. The standard InChI is InChI=1S/C8H18ClNSi/c1-5-10(6-2)8(4,9)7(3)11/h3,5-6H2,1-2,4,11H3. The third kappa shape index (κ3) is 2.62. The highest BCUT2D eigenvalue weighted by Crippen LogP contribution is 2.25. The molecule has 0 amide bonds. The summed E-state index contributed by atoms with van der Waals surface area (Å²) in [6, 6.07) is 0. The maximum atomic E-state index is 6.30. The van der Waals surface area contributed by atoms with Gasteiger partial charge in [-0.15, -0.1) is 6.58 Å². The average molecular weight is 192 g/mol. The predicted octanol–water partition coefficient (Wildman–Crippen LogP) is 1.16. The van der Waals surface area contributed by atoms with Crippen molar-refractivity contribution in [3.63, 3.8) is 0 Å². The lowest BCUT2D eigenvalue weighted by atomic mass is 10.2. The van der Waals surface area contributed by atoms with Crippen LogP contribution in [0.3, 0.4) is 0 Å². The van der Waals surface area contributed by atoms with Crippen molar-refractivity contribution < 1.29 is 0 Å². The van der Waals surface area contributed by atoms with Crippen LogP contribution in [0.1, 0.15) is 20.8 Å². The molecule has 0 saturated heterocycles. The lowest BCUT2D eigenvalue weighted by molar-refractivity contribution is 0.232. The fourth-order valence-corrected chi connectivity index (χ4v) is 1.64. The van der Waals surface area contributed by atoms with Crippen molar-refractivity contribution in [2.75, 3.05) is 13.1 Å². The molecule has 0 bridgehead atoms. The zero-order valence-corrected chi connectivity index (χ0v) is 10.7. The topological polar surface area (TPSA) is 3.24 Å².